The molecule has 5 heterocycles. The Balaban J connectivity index is 0.999. The van der Waals surface area contributed by atoms with E-state index in [-0.39, 0.29) is 51.3 Å². The van der Waals surface area contributed by atoms with Crippen molar-refractivity contribution in [2.75, 3.05) is 50.8 Å². The van der Waals surface area contributed by atoms with Gasteiger partial charge in [-0.2, -0.15) is 0 Å². The molecule has 0 unspecified atom stereocenters. The minimum Gasteiger partial charge on any atom is -0.451 e. The van der Waals surface area contributed by atoms with Crippen LogP contribution in [0.25, 0.3) is 0 Å². The van der Waals surface area contributed by atoms with Gasteiger partial charge in [0, 0.05) is 55.4 Å². The van der Waals surface area contributed by atoms with E-state index in [1.807, 2.05) is 20.8 Å². The summed E-state index contributed by atoms with van der Waals surface area (Å²) in [5, 5.41) is 0. The molecule has 2 aromatic heterocycles. The molecule has 3 fully saturated rings. The molecule has 3 aliphatic rings. The van der Waals surface area contributed by atoms with Gasteiger partial charge >= 0.3 is 0 Å². The van der Waals surface area contributed by atoms with Crippen molar-refractivity contribution in [2.24, 2.45) is 5.41 Å². The Kier molecular flexibility index (Phi) is 10.6. The molecule has 3 aliphatic heterocycles. The third kappa shape index (κ3) is 7.85. The molecule has 270 valence electrons. The number of carbonyl (C=O) groups excluding carboxylic acids is 1. The number of benzene rings is 1. The lowest BCUT2D eigenvalue weighted by Gasteiger charge is -2.54. The number of carbonyl (C=O) groups is 1. The van der Waals surface area contributed by atoms with Gasteiger partial charge in [-0.1, -0.05) is 0 Å². The fourth-order valence-electron chi connectivity index (χ4n) is 7.30. The Morgan fingerprint density at radius 2 is 1.94 bits per heavy atom. The number of hydrogen-bond donors (Lipinski definition) is 2. The molecule has 2 atom stereocenters. The highest BCUT2D eigenvalue weighted by Crippen LogP contribution is 2.45. The summed E-state index contributed by atoms with van der Waals surface area (Å²) < 4.78 is 55.2. The molecule has 0 radical (unpaired) electrons. The number of pyridine rings is 1. The standard InChI is InChI=1S/C35H46FN7O6S/c1-5-43(23(2)3)34(45)28-16-25(36)6-9-29(28)49-30-17-37-22-38-33(30)42-20-35(21-42)12-14-41(15-13-35)18-27-8-7-26(19-48-27)40-50(46,47)31-10-11-32(44)39-24(31)4/h6,9-11,16-17,22-23,26-27,40H,5,7-8,12-15,18-21H2,1-4H3,(H,39,44)/t26-,27+/m1/s1. The van der Waals surface area contributed by atoms with E-state index in [0.29, 0.717) is 36.8 Å². The topological polar surface area (TPSA) is 150 Å². The monoisotopic (exact) mass is 711 g/mol. The maximum atomic E-state index is 14.3. The molecule has 0 aliphatic carbocycles. The molecule has 0 saturated carbocycles. The number of sulfonamides is 1. The van der Waals surface area contributed by atoms with Crippen LogP contribution in [0.5, 0.6) is 11.5 Å². The number of rotatable bonds is 11. The SMILES string of the molecule is CCN(C(=O)c1cc(F)ccc1Oc1cncnc1N1CC2(CCN(C[C@@H]3CC[C@@H](NS(=O)(=O)c4ccc(=O)[nH]c4C)CO3)CC2)C1)C(C)C. The van der Waals surface area contributed by atoms with Gasteiger partial charge in [0.05, 0.1) is 24.5 Å². The first-order chi connectivity index (χ1) is 23.9. The van der Waals surface area contributed by atoms with Crippen LogP contribution in [-0.2, 0) is 14.8 Å². The maximum absolute atomic E-state index is 14.3. The molecule has 13 nitrogen and oxygen atoms in total. The lowest BCUT2D eigenvalue weighted by Crippen LogP contribution is -2.61. The molecule has 1 aromatic carbocycles. The van der Waals surface area contributed by atoms with Crippen LogP contribution in [0, 0.1) is 18.2 Å². The molecule has 3 aromatic rings. The van der Waals surface area contributed by atoms with E-state index in [0.717, 1.165) is 52.0 Å². The number of halogens is 1. The van der Waals surface area contributed by atoms with E-state index in [4.69, 9.17) is 9.47 Å². The van der Waals surface area contributed by atoms with Crippen LogP contribution in [0.1, 0.15) is 62.5 Å². The Hall–Kier alpha value is -3.92. The van der Waals surface area contributed by atoms with Crippen molar-refractivity contribution in [3.05, 3.63) is 70.3 Å². The van der Waals surface area contributed by atoms with Crippen molar-refractivity contribution in [1.29, 1.82) is 0 Å². The molecule has 3 saturated heterocycles. The van der Waals surface area contributed by atoms with Crippen LogP contribution in [-0.4, -0.2) is 103 Å². The first kappa shape index (κ1) is 35.9. The van der Waals surface area contributed by atoms with Crippen LogP contribution in [0.2, 0.25) is 0 Å². The summed E-state index contributed by atoms with van der Waals surface area (Å²) in [6.45, 7) is 12.4. The molecule has 2 N–H and O–H groups in total. The Bertz CT molecular complexity index is 1850. The normalized spacial score (nSPS) is 20.9. The number of piperidine rings is 1. The lowest BCUT2D eigenvalue weighted by atomic mass is 9.72. The summed E-state index contributed by atoms with van der Waals surface area (Å²) in [5.74, 6) is 0.501. The second-order valence-electron chi connectivity index (χ2n) is 14.0. The average Bonchev–Trinajstić information content (AvgIpc) is 3.06. The van der Waals surface area contributed by atoms with Gasteiger partial charge in [0.15, 0.2) is 11.6 Å². The summed E-state index contributed by atoms with van der Waals surface area (Å²) in [6, 6.07) is 6.13. The number of likely N-dealkylation sites (tertiary alicyclic amines) is 1. The number of nitrogens with zero attached hydrogens (tertiary/aromatic N) is 5. The Morgan fingerprint density at radius 1 is 1.18 bits per heavy atom. The van der Waals surface area contributed by atoms with Crippen molar-refractivity contribution < 1.29 is 27.1 Å². The number of H-pyrrole nitrogens is 1. The van der Waals surface area contributed by atoms with Crippen LogP contribution in [0.4, 0.5) is 10.2 Å². The molecule has 1 spiro atoms. The van der Waals surface area contributed by atoms with Gasteiger partial charge in [0.1, 0.15) is 22.8 Å². The van der Waals surface area contributed by atoms with Gasteiger partial charge in [0.2, 0.25) is 15.6 Å². The minimum absolute atomic E-state index is 0.0337. The van der Waals surface area contributed by atoms with Crippen molar-refractivity contribution in [2.45, 2.75) is 76.5 Å². The highest BCUT2D eigenvalue weighted by molar-refractivity contribution is 7.89. The number of hydrogen-bond acceptors (Lipinski definition) is 10. The van der Waals surface area contributed by atoms with Gasteiger partial charge in [-0.15, -0.1) is 0 Å². The molecular weight excluding hydrogens is 665 g/mol. The predicted octanol–water partition coefficient (Wildman–Crippen LogP) is 3.70. The van der Waals surface area contributed by atoms with Crippen molar-refractivity contribution in [3.63, 3.8) is 0 Å². The lowest BCUT2D eigenvalue weighted by molar-refractivity contribution is -0.0299. The molecule has 1 amide bonds. The summed E-state index contributed by atoms with van der Waals surface area (Å²) in [6.07, 6.45) is 6.57. The Morgan fingerprint density at radius 3 is 2.60 bits per heavy atom. The highest BCUT2D eigenvalue weighted by atomic mass is 32.2. The first-order valence-corrected chi connectivity index (χ1v) is 18.7. The first-order valence-electron chi connectivity index (χ1n) is 17.3. The number of aromatic nitrogens is 3. The van der Waals surface area contributed by atoms with Gasteiger partial charge in [-0.3, -0.25) is 9.59 Å². The number of anilines is 1. The Labute approximate surface area is 292 Å². The van der Waals surface area contributed by atoms with E-state index in [1.54, 1.807) is 18.0 Å². The summed E-state index contributed by atoms with van der Waals surface area (Å²) in [4.78, 5) is 42.4. The summed E-state index contributed by atoms with van der Waals surface area (Å²) in [5.41, 5.74) is 0.277. The van der Waals surface area contributed by atoms with Gasteiger partial charge in [-0.25, -0.2) is 27.5 Å². The summed E-state index contributed by atoms with van der Waals surface area (Å²) >= 11 is 0. The third-order valence-corrected chi connectivity index (χ3v) is 11.7. The minimum atomic E-state index is -3.78. The number of ether oxygens (including phenoxy) is 2. The van der Waals surface area contributed by atoms with E-state index < -0.39 is 15.8 Å². The van der Waals surface area contributed by atoms with Crippen molar-refractivity contribution in [1.82, 2.24) is 29.5 Å². The van der Waals surface area contributed by atoms with Crippen LogP contribution >= 0.6 is 0 Å². The maximum Gasteiger partial charge on any atom is 0.257 e. The second-order valence-corrected chi connectivity index (χ2v) is 15.6. The van der Waals surface area contributed by atoms with E-state index in [2.05, 4.69) is 29.5 Å². The zero-order chi connectivity index (χ0) is 35.6. The van der Waals surface area contributed by atoms with Gasteiger partial charge in [0.25, 0.3) is 5.91 Å². The zero-order valence-corrected chi connectivity index (χ0v) is 29.8. The number of aryl methyl sites for hydroxylation is 1. The van der Waals surface area contributed by atoms with E-state index in [1.165, 1.54) is 36.7 Å². The van der Waals surface area contributed by atoms with Crippen molar-refractivity contribution in [3.8, 4) is 11.5 Å². The molecular formula is C35H46FN7O6S. The van der Waals surface area contributed by atoms with Crippen LogP contribution < -0.4 is 19.9 Å². The molecule has 50 heavy (non-hydrogen) atoms. The zero-order valence-electron chi connectivity index (χ0n) is 29.0. The number of aromatic amines is 1. The number of amides is 1. The fraction of sp³-hybridized carbons (Fsp3) is 0.543. The van der Waals surface area contributed by atoms with E-state index in [9.17, 15) is 22.4 Å². The predicted molar refractivity (Wildman–Crippen MR) is 186 cm³/mol. The molecule has 0 bridgehead atoms. The van der Waals surface area contributed by atoms with E-state index >= 15 is 0 Å². The quantitative estimate of drug-likeness (QED) is 0.302. The highest BCUT2D eigenvalue weighted by Gasteiger charge is 2.46. The average molecular weight is 712 g/mol. The van der Waals surface area contributed by atoms with Gasteiger partial charge < -0.3 is 29.2 Å². The third-order valence-electron chi connectivity index (χ3n) is 10.1. The van der Waals surface area contributed by atoms with Gasteiger partial charge in [-0.05, 0) is 90.7 Å². The molecule has 6 rings (SSSR count). The fourth-order valence-corrected chi connectivity index (χ4v) is 8.76. The smallest absolute Gasteiger partial charge is 0.257 e. The second kappa shape index (κ2) is 14.7. The number of nitrogens with one attached hydrogen (secondary N) is 2. The van der Waals surface area contributed by atoms with Crippen LogP contribution in [0.3, 0.4) is 0 Å². The largest absolute Gasteiger partial charge is 0.451 e. The molecule has 15 heteroatoms. The van der Waals surface area contributed by atoms with Crippen LogP contribution in [0.15, 0.2) is 52.5 Å². The summed E-state index contributed by atoms with van der Waals surface area (Å²) in [7, 11) is -3.78. The van der Waals surface area contributed by atoms with Crippen molar-refractivity contribution >= 4 is 21.7 Å².